The zero-order valence-electron chi connectivity index (χ0n) is 18.3. The number of methoxy groups -OCH3 is 2. The standard InChI is InChI=1S/C21H31NO6Si/c1-18(2)11-27-21(28-12-18)19(29(5,6)7)10-14(16(23)25-3)20(21,17(24)26-4)15-13(19)8-9-22-15/h9-10,13,15H,8,11-12H2,1-7H3/t13-,15+,19+,20+/m1/s1. The first kappa shape index (κ1) is 20.7. The molecule has 2 fully saturated rings. The number of ether oxygens (including phenoxy) is 4. The molecule has 4 aliphatic rings. The summed E-state index contributed by atoms with van der Waals surface area (Å²) >= 11 is 0. The molecule has 4 atom stereocenters. The van der Waals surface area contributed by atoms with Gasteiger partial charge in [0.15, 0.2) is 11.2 Å². The van der Waals surface area contributed by atoms with Gasteiger partial charge in [0.05, 0.1) is 47.1 Å². The van der Waals surface area contributed by atoms with Crippen molar-refractivity contribution in [2.45, 2.75) is 56.8 Å². The summed E-state index contributed by atoms with van der Waals surface area (Å²) in [4.78, 5) is 31.3. The van der Waals surface area contributed by atoms with E-state index in [2.05, 4.69) is 33.5 Å². The lowest BCUT2D eigenvalue weighted by Gasteiger charge is -2.56. The smallest absolute Gasteiger partial charge is 0.334 e. The van der Waals surface area contributed by atoms with Crippen molar-refractivity contribution in [3.63, 3.8) is 0 Å². The minimum absolute atomic E-state index is 0.0166. The second kappa shape index (κ2) is 6.01. The predicted octanol–water partition coefficient (Wildman–Crippen LogP) is 2.58. The fourth-order valence-electron chi connectivity index (χ4n) is 6.28. The van der Waals surface area contributed by atoms with Gasteiger partial charge >= 0.3 is 11.9 Å². The summed E-state index contributed by atoms with van der Waals surface area (Å²) in [6, 6.07) is -0.470. The van der Waals surface area contributed by atoms with E-state index in [0.29, 0.717) is 13.2 Å². The Morgan fingerprint density at radius 1 is 1.14 bits per heavy atom. The highest BCUT2D eigenvalue weighted by Crippen LogP contribution is 2.80. The summed E-state index contributed by atoms with van der Waals surface area (Å²) in [7, 11) is 0.516. The topological polar surface area (TPSA) is 83.4 Å². The van der Waals surface area contributed by atoms with Gasteiger partial charge in [-0.15, -0.1) is 0 Å². The summed E-state index contributed by atoms with van der Waals surface area (Å²) in [6.07, 6.45) is 4.54. The average Bonchev–Trinajstić information content (AvgIpc) is 3.28. The van der Waals surface area contributed by atoms with Crippen LogP contribution in [0.25, 0.3) is 0 Å². The minimum Gasteiger partial charge on any atom is -0.468 e. The van der Waals surface area contributed by atoms with Crippen LogP contribution in [0.15, 0.2) is 16.6 Å². The molecule has 0 radical (unpaired) electrons. The molecule has 0 aromatic rings. The first-order chi connectivity index (χ1) is 13.4. The Hall–Kier alpha value is -1.51. The van der Waals surface area contributed by atoms with Crippen LogP contribution in [0.2, 0.25) is 24.7 Å². The summed E-state index contributed by atoms with van der Waals surface area (Å²) in [5.74, 6) is -2.39. The SMILES string of the molecule is COC(=O)C1=C[C@]2([Si](C)(C)C)[C@@H]3CC=N[C@@H]3[C@@]1(C(=O)OC)C21OCC(C)(C)CO1. The maximum atomic E-state index is 13.6. The highest BCUT2D eigenvalue weighted by Gasteiger charge is 2.89. The van der Waals surface area contributed by atoms with Gasteiger partial charge in [-0.25, -0.2) is 4.79 Å². The van der Waals surface area contributed by atoms with Gasteiger partial charge in [0.1, 0.15) is 0 Å². The van der Waals surface area contributed by atoms with Crippen molar-refractivity contribution < 1.29 is 28.5 Å². The molecule has 2 aliphatic carbocycles. The Bertz CT molecular complexity index is 818. The highest BCUT2D eigenvalue weighted by atomic mass is 28.3. The molecule has 1 saturated carbocycles. The number of fused-ring (bicyclic) bond motifs is 3. The predicted molar refractivity (Wildman–Crippen MR) is 109 cm³/mol. The number of carbonyl (C=O) groups excluding carboxylic acids is 2. The van der Waals surface area contributed by atoms with Gasteiger partial charge in [-0.3, -0.25) is 9.79 Å². The molecule has 29 heavy (non-hydrogen) atoms. The third-order valence-electron chi connectivity index (χ3n) is 7.38. The maximum absolute atomic E-state index is 13.6. The van der Waals surface area contributed by atoms with E-state index in [1.54, 1.807) is 0 Å². The number of esters is 2. The van der Waals surface area contributed by atoms with Crippen molar-refractivity contribution in [3.8, 4) is 0 Å². The molecule has 8 heteroatoms. The second-order valence-corrected chi connectivity index (χ2v) is 15.8. The van der Waals surface area contributed by atoms with Gasteiger partial charge in [-0.05, 0) is 18.6 Å². The van der Waals surface area contributed by atoms with Crippen molar-refractivity contribution in [3.05, 3.63) is 11.6 Å². The van der Waals surface area contributed by atoms with Crippen molar-refractivity contribution in [1.82, 2.24) is 0 Å². The zero-order chi connectivity index (χ0) is 21.5. The molecule has 0 aromatic heterocycles. The summed E-state index contributed by atoms with van der Waals surface area (Å²) in [5.41, 5.74) is -1.40. The van der Waals surface area contributed by atoms with Crippen LogP contribution in [-0.4, -0.2) is 65.5 Å². The summed E-state index contributed by atoms with van der Waals surface area (Å²) in [5, 5.41) is -0.616. The first-order valence-electron chi connectivity index (χ1n) is 10.1. The number of rotatable bonds is 3. The molecule has 0 amide bonds. The average molecular weight is 422 g/mol. The number of hydrogen-bond donors (Lipinski definition) is 0. The molecular formula is C21H31NO6Si. The van der Waals surface area contributed by atoms with Gasteiger partial charge in [-0.2, -0.15) is 0 Å². The van der Waals surface area contributed by atoms with Crippen LogP contribution in [0.5, 0.6) is 0 Å². The van der Waals surface area contributed by atoms with Crippen LogP contribution in [0.4, 0.5) is 0 Å². The Morgan fingerprint density at radius 2 is 1.76 bits per heavy atom. The maximum Gasteiger partial charge on any atom is 0.334 e. The van der Waals surface area contributed by atoms with E-state index in [1.807, 2.05) is 12.3 Å². The molecular weight excluding hydrogens is 390 g/mol. The van der Waals surface area contributed by atoms with E-state index in [9.17, 15) is 9.59 Å². The summed E-state index contributed by atoms with van der Waals surface area (Å²) < 4.78 is 23.7. The van der Waals surface area contributed by atoms with Crippen LogP contribution < -0.4 is 0 Å². The van der Waals surface area contributed by atoms with E-state index in [4.69, 9.17) is 23.9 Å². The Morgan fingerprint density at radius 3 is 2.28 bits per heavy atom. The van der Waals surface area contributed by atoms with Gasteiger partial charge in [0.25, 0.3) is 0 Å². The fraction of sp³-hybridized carbons (Fsp3) is 0.762. The van der Waals surface area contributed by atoms with Crippen LogP contribution in [0, 0.1) is 16.7 Å². The lowest BCUT2D eigenvalue weighted by molar-refractivity contribution is -0.333. The van der Waals surface area contributed by atoms with E-state index < -0.39 is 42.3 Å². The van der Waals surface area contributed by atoms with E-state index >= 15 is 0 Å². The molecule has 0 unspecified atom stereocenters. The molecule has 4 rings (SSSR count). The molecule has 0 aromatic carbocycles. The lowest BCUT2D eigenvalue weighted by atomic mass is 9.71. The molecule has 2 bridgehead atoms. The van der Waals surface area contributed by atoms with Crippen LogP contribution in [-0.2, 0) is 28.5 Å². The van der Waals surface area contributed by atoms with E-state index in [0.717, 1.165) is 6.42 Å². The number of nitrogens with zero attached hydrogens (tertiary/aromatic N) is 1. The number of hydrogen-bond acceptors (Lipinski definition) is 7. The Balaban J connectivity index is 2.07. The Kier molecular flexibility index (Phi) is 4.30. The molecule has 2 aliphatic heterocycles. The van der Waals surface area contributed by atoms with Crippen LogP contribution >= 0.6 is 0 Å². The van der Waals surface area contributed by atoms with Crippen molar-refractivity contribution in [1.29, 1.82) is 0 Å². The van der Waals surface area contributed by atoms with Gasteiger partial charge < -0.3 is 18.9 Å². The Labute approximate surface area is 172 Å². The van der Waals surface area contributed by atoms with Crippen molar-refractivity contribution in [2.24, 2.45) is 21.7 Å². The third kappa shape index (κ3) is 2.12. The largest absolute Gasteiger partial charge is 0.468 e. The number of aliphatic imine (C=N–C) groups is 1. The zero-order valence-corrected chi connectivity index (χ0v) is 19.3. The molecule has 1 spiro atoms. The van der Waals surface area contributed by atoms with E-state index in [-0.39, 0.29) is 16.9 Å². The molecule has 1 saturated heterocycles. The van der Waals surface area contributed by atoms with Crippen molar-refractivity contribution >= 4 is 26.2 Å². The van der Waals surface area contributed by atoms with Gasteiger partial charge in [0, 0.05) is 10.5 Å². The fourth-order valence-corrected chi connectivity index (χ4v) is 9.57. The van der Waals surface area contributed by atoms with Gasteiger partial charge in [-0.1, -0.05) is 39.6 Å². The van der Waals surface area contributed by atoms with Crippen LogP contribution in [0.1, 0.15) is 20.3 Å². The number of carbonyl (C=O) groups is 2. The summed E-state index contributed by atoms with van der Waals surface area (Å²) in [6.45, 7) is 11.7. The van der Waals surface area contributed by atoms with E-state index in [1.165, 1.54) is 14.2 Å². The van der Waals surface area contributed by atoms with Crippen LogP contribution in [0.3, 0.4) is 0 Å². The lowest BCUT2D eigenvalue weighted by Crippen LogP contribution is -2.66. The van der Waals surface area contributed by atoms with Gasteiger partial charge in [0.2, 0.25) is 0 Å². The normalized spacial score (nSPS) is 38.7. The molecule has 7 nitrogen and oxygen atoms in total. The first-order valence-corrected chi connectivity index (χ1v) is 13.6. The minimum atomic E-state index is -2.15. The molecule has 0 N–H and O–H groups in total. The van der Waals surface area contributed by atoms with Crippen molar-refractivity contribution in [2.75, 3.05) is 27.4 Å². The highest BCUT2D eigenvalue weighted by molar-refractivity contribution is 6.80. The molecule has 160 valence electrons. The second-order valence-electron chi connectivity index (χ2n) is 10.4. The monoisotopic (exact) mass is 421 g/mol. The quantitative estimate of drug-likeness (QED) is 0.514. The third-order valence-corrected chi connectivity index (χ3v) is 10.7. The molecule has 2 heterocycles.